The van der Waals surface area contributed by atoms with Crippen LogP contribution in [0, 0.1) is 5.92 Å². The SMILES string of the molecule is CCCCCc1cc(OC(=O)C(F)(F)C(F)(F)F)c2c(c1)OC(C)(C)[C@@H]1CCC(C(=O)OCC(F)(F)F)=C[C@@H]21. The Morgan fingerprint density at radius 1 is 1.05 bits per heavy atom. The van der Waals surface area contributed by atoms with Crippen molar-refractivity contribution in [1.82, 2.24) is 0 Å². The highest BCUT2D eigenvalue weighted by Crippen LogP contribution is 2.54. The van der Waals surface area contributed by atoms with Crippen molar-refractivity contribution >= 4 is 11.9 Å². The van der Waals surface area contributed by atoms with Gasteiger partial charge in [0.15, 0.2) is 6.61 Å². The molecular weight excluding hydrogens is 544 g/mol. The Hall–Kier alpha value is -2.86. The monoisotopic (exact) mass is 572 g/mol. The summed E-state index contributed by atoms with van der Waals surface area (Å²) in [5.74, 6) is -11.8. The van der Waals surface area contributed by atoms with Crippen LogP contribution < -0.4 is 9.47 Å². The third kappa shape index (κ3) is 6.84. The molecule has 5 nitrogen and oxygen atoms in total. The molecule has 1 aliphatic heterocycles. The van der Waals surface area contributed by atoms with Gasteiger partial charge in [0.05, 0.1) is 0 Å². The van der Waals surface area contributed by atoms with E-state index in [1.807, 2.05) is 6.92 Å². The molecule has 0 saturated carbocycles. The van der Waals surface area contributed by atoms with Crippen molar-refractivity contribution in [2.75, 3.05) is 6.61 Å². The molecule has 0 unspecified atom stereocenters. The molecule has 0 aromatic heterocycles. The van der Waals surface area contributed by atoms with Crippen molar-refractivity contribution in [3.8, 4) is 11.5 Å². The van der Waals surface area contributed by atoms with Gasteiger partial charge in [-0.25, -0.2) is 9.59 Å². The van der Waals surface area contributed by atoms with Crippen LogP contribution in [0.25, 0.3) is 0 Å². The number of benzene rings is 1. The van der Waals surface area contributed by atoms with Gasteiger partial charge in [-0.15, -0.1) is 0 Å². The molecule has 0 bridgehead atoms. The third-order valence-electron chi connectivity index (χ3n) is 6.82. The van der Waals surface area contributed by atoms with Crippen LogP contribution >= 0.6 is 0 Å². The molecule has 2 atom stereocenters. The van der Waals surface area contributed by atoms with Crippen molar-refractivity contribution in [2.24, 2.45) is 5.92 Å². The Morgan fingerprint density at radius 2 is 1.72 bits per heavy atom. The Morgan fingerprint density at radius 3 is 2.31 bits per heavy atom. The topological polar surface area (TPSA) is 61.8 Å². The fourth-order valence-electron chi connectivity index (χ4n) is 4.90. The molecule has 2 aliphatic rings. The molecule has 13 heteroatoms. The summed E-state index contributed by atoms with van der Waals surface area (Å²) in [6.45, 7) is 3.54. The number of aryl methyl sites for hydroxylation is 1. The predicted molar refractivity (Wildman–Crippen MR) is 122 cm³/mol. The largest absolute Gasteiger partial charge is 0.487 e. The zero-order chi connectivity index (χ0) is 29.4. The molecule has 1 aromatic rings. The van der Waals surface area contributed by atoms with Crippen LogP contribution in [0.3, 0.4) is 0 Å². The van der Waals surface area contributed by atoms with Crippen molar-refractivity contribution in [3.05, 3.63) is 34.9 Å². The van der Waals surface area contributed by atoms with Gasteiger partial charge in [0.25, 0.3) is 0 Å². The number of esters is 2. The highest BCUT2D eigenvalue weighted by molar-refractivity contribution is 5.89. The zero-order valence-electron chi connectivity index (χ0n) is 21.4. The minimum Gasteiger partial charge on any atom is -0.487 e. The van der Waals surface area contributed by atoms with E-state index in [0.717, 1.165) is 12.8 Å². The molecule has 0 spiro atoms. The first kappa shape index (κ1) is 30.7. The molecule has 0 amide bonds. The van der Waals surface area contributed by atoms with Gasteiger partial charge < -0.3 is 14.2 Å². The third-order valence-corrected chi connectivity index (χ3v) is 6.82. The summed E-state index contributed by atoms with van der Waals surface area (Å²) in [4.78, 5) is 24.4. The molecule has 0 N–H and O–H groups in total. The summed E-state index contributed by atoms with van der Waals surface area (Å²) in [6, 6.07) is 2.74. The molecule has 3 rings (SSSR count). The molecule has 0 radical (unpaired) electrons. The van der Waals surface area contributed by atoms with Crippen molar-refractivity contribution in [3.63, 3.8) is 0 Å². The summed E-state index contributed by atoms with van der Waals surface area (Å²) in [7, 11) is 0. The fraction of sp³-hybridized carbons (Fsp3) is 0.615. The molecule has 1 aliphatic carbocycles. The maximum Gasteiger partial charge on any atom is 0.465 e. The van der Waals surface area contributed by atoms with E-state index in [-0.39, 0.29) is 29.7 Å². The van der Waals surface area contributed by atoms with Crippen LogP contribution in [0.2, 0.25) is 0 Å². The van der Waals surface area contributed by atoms with Gasteiger partial charge in [0.2, 0.25) is 0 Å². The van der Waals surface area contributed by atoms with Crippen LogP contribution in [-0.2, 0) is 20.7 Å². The van der Waals surface area contributed by atoms with E-state index in [4.69, 9.17) is 4.74 Å². The lowest BCUT2D eigenvalue weighted by Gasteiger charge is -2.46. The summed E-state index contributed by atoms with van der Waals surface area (Å²) in [5.41, 5.74) is -0.659. The van der Waals surface area contributed by atoms with E-state index in [9.17, 15) is 44.7 Å². The summed E-state index contributed by atoms with van der Waals surface area (Å²) in [5, 5.41) is 0. The Labute approximate surface area is 219 Å². The smallest absolute Gasteiger partial charge is 0.465 e. The van der Waals surface area contributed by atoms with E-state index >= 15 is 0 Å². The number of hydrogen-bond acceptors (Lipinski definition) is 5. The summed E-state index contributed by atoms with van der Waals surface area (Å²) < 4.78 is 119. The maximum atomic E-state index is 13.8. The van der Waals surface area contributed by atoms with Crippen LogP contribution in [0.4, 0.5) is 35.1 Å². The first-order valence-electron chi connectivity index (χ1n) is 12.3. The number of ether oxygens (including phenoxy) is 3. The Balaban J connectivity index is 2.10. The second-order valence-corrected chi connectivity index (χ2v) is 10.2. The lowest BCUT2D eigenvalue weighted by atomic mass is 9.67. The molecule has 39 heavy (non-hydrogen) atoms. The highest BCUT2D eigenvalue weighted by Gasteiger charge is 2.65. The number of allylic oxidation sites excluding steroid dienone is 1. The number of fused-ring (bicyclic) bond motifs is 3. The van der Waals surface area contributed by atoms with Gasteiger partial charge in [0, 0.05) is 23.0 Å². The first-order valence-corrected chi connectivity index (χ1v) is 12.3. The van der Waals surface area contributed by atoms with E-state index in [0.29, 0.717) is 18.4 Å². The van der Waals surface area contributed by atoms with E-state index in [2.05, 4.69) is 9.47 Å². The van der Waals surface area contributed by atoms with Gasteiger partial charge in [-0.05, 0) is 57.2 Å². The Bertz CT molecular complexity index is 1120. The number of hydrogen-bond donors (Lipinski definition) is 0. The zero-order valence-corrected chi connectivity index (χ0v) is 21.4. The van der Waals surface area contributed by atoms with E-state index in [1.165, 1.54) is 12.1 Å². The van der Waals surface area contributed by atoms with Gasteiger partial charge in [0.1, 0.15) is 17.1 Å². The van der Waals surface area contributed by atoms with Gasteiger partial charge in [-0.3, -0.25) is 0 Å². The van der Waals surface area contributed by atoms with Crippen LogP contribution in [-0.4, -0.2) is 42.4 Å². The lowest BCUT2D eigenvalue weighted by molar-refractivity contribution is -0.276. The van der Waals surface area contributed by atoms with Crippen LogP contribution in [0.5, 0.6) is 11.5 Å². The second kappa shape index (κ2) is 11.0. The Kier molecular flexibility index (Phi) is 8.62. The lowest BCUT2D eigenvalue weighted by Crippen LogP contribution is -2.47. The number of rotatable bonds is 8. The van der Waals surface area contributed by atoms with Gasteiger partial charge in [-0.1, -0.05) is 25.8 Å². The second-order valence-electron chi connectivity index (χ2n) is 10.2. The molecule has 0 saturated heterocycles. The van der Waals surface area contributed by atoms with Crippen LogP contribution in [0.15, 0.2) is 23.8 Å². The predicted octanol–water partition coefficient (Wildman–Crippen LogP) is 7.22. The minimum absolute atomic E-state index is 0.0103. The quantitative estimate of drug-likeness (QED) is 0.143. The molecule has 218 valence electrons. The highest BCUT2D eigenvalue weighted by atomic mass is 19.4. The number of carbonyl (C=O) groups excluding carboxylic acids is 2. The number of alkyl halides is 8. The molecular formula is C26H28F8O5. The number of halogens is 8. The van der Waals surface area contributed by atoms with E-state index < -0.39 is 60.0 Å². The number of carbonyl (C=O) groups is 2. The average Bonchev–Trinajstić information content (AvgIpc) is 2.80. The summed E-state index contributed by atoms with van der Waals surface area (Å²) >= 11 is 0. The maximum absolute atomic E-state index is 13.8. The van der Waals surface area contributed by atoms with Gasteiger partial charge >= 0.3 is 30.2 Å². The van der Waals surface area contributed by atoms with Crippen LogP contribution in [0.1, 0.15) is 69.9 Å². The molecule has 1 aromatic carbocycles. The fourth-order valence-corrected chi connectivity index (χ4v) is 4.90. The molecule has 0 fully saturated rings. The van der Waals surface area contributed by atoms with Crippen molar-refractivity contribution in [2.45, 2.75) is 89.1 Å². The standard InChI is InChI=1S/C26H28F8O5/c1-4-5-6-7-14-10-18(38-22(36)25(30,31)26(32,33)34)20-16-12-15(21(35)37-13-24(27,28)29)8-9-17(16)23(2,3)39-19(20)11-14/h10-12,16-17H,4-9,13H2,1-3H3/t16-,17-/m1/s1. The van der Waals surface area contributed by atoms with Crippen molar-refractivity contribution in [1.29, 1.82) is 0 Å². The normalized spacial score (nSPS) is 20.7. The summed E-state index contributed by atoms with van der Waals surface area (Å²) in [6.07, 6.45) is -6.83. The molecule has 1 heterocycles. The average molecular weight is 572 g/mol. The first-order chi connectivity index (χ1) is 17.9. The van der Waals surface area contributed by atoms with Gasteiger partial charge in [-0.2, -0.15) is 35.1 Å². The number of unbranched alkanes of at least 4 members (excludes halogenated alkanes) is 2. The van der Waals surface area contributed by atoms with E-state index in [1.54, 1.807) is 19.9 Å². The van der Waals surface area contributed by atoms with Crippen molar-refractivity contribution < 1.29 is 58.9 Å². The minimum atomic E-state index is -6.20.